The predicted octanol–water partition coefficient (Wildman–Crippen LogP) is 2.07. The summed E-state index contributed by atoms with van der Waals surface area (Å²) in [6.45, 7) is -1.28. The molecule has 0 bridgehead atoms. The number of rotatable bonds is 6. The summed E-state index contributed by atoms with van der Waals surface area (Å²) in [5.74, 6) is -1.50. The van der Waals surface area contributed by atoms with Gasteiger partial charge in [-0.3, -0.25) is 10.1 Å². The van der Waals surface area contributed by atoms with Gasteiger partial charge in [0.1, 0.15) is 12.2 Å². The number of carboxylic acid groups (broad SMARTS) is 1. The summed E-state index contributed by atoms with van der Waals surface area (Å²) in [6, 6.07) is 3.58. The van der Waals surface area contributed by atoms with Crippen LogP contribution in [0, 0.1) is 10.1 Å². The Hall–Kier alpha value is -2.09. The van der Waals surface area contributed by atoms with Gasteiger partial charge in [0.15, 0.2) is 0 Å². The van der Waals surface area contributed by atoms with Crippen molar-refractivity contribution in [1.82, 2.24) is 0 Å². The van der Waals surface area contributed by atoms with Gasteiger partial charge in [0.2, 0.25) is 0 Å². The Balaban J connectivity index is 3.00. The number of nitrogens with zero attached hydrogens (tertiary/aromatic N) is 1. The van der Waals surface area contributed by atoms with E-state index in [2.05, 4.69) is 4.74 Å². The van der Waals surface area contributed by atoms with Crippen molar-refractivity contribution in [3.05, 3.63) is 39.4 Å². The van der Waals surface area contributed by atoms with E-state index in [1.165, 1.54) is 12.1 Å². The highest BCUT2D eigenvalue weighted by Gasteiger charge is 2.23. The van der Waals surface area contributed by atoms with E-state index in [4.69, 9.17) is 5.11 Å². The van der Waals surface area contributed by atoms with Crippen LogP contribution in [0.2, 0.25) is 0 Å². The highest BCUT2D eigenvalue weighted by Crippen LogP contribution is 2.23. The summed E-state index contributed by atoms with van der Waals surface area (Å²) >= 11 is 0. The third kappa shape index (κ3) is 3.45. The second-order valence-electron chi connectivity index (χ2n) is 3.28. The van der Waals surface area contributed by atoms with Crippen molar-refractivity contribution in [1.29, 1.82) is 0 Å². The van der Waals surface area contributed by atoms with Crippen molar-refractivity contribution in [2.24, 2.45) is 0 Å². The van der Waals surface area contributed by atoms with E-state index in [-0.39, 0.29) is 5.56 Å². The van der Waals surface area contributed by atoms with Gasteiger partial charge in [-0.2, -0.15) is 0 Å². The van der Waals surface area contributed by atoms with E-state index in [9.17, 15) is 23.7 Å². The van der Waals surface area contributed by atoms with E-state index in [0.717, 1.165) is 6.07 Å². The van der Waals surface area contributed by atoms with E-state index in [1.807, 2.05) is 0 Å². The average Bonchev–Trinajstić information content (AvgIpc) is 2.27. The maximum Gasteiger partial charge on any atom is 0.343 e. The van der Waals surface area contributed by atoms with E-state index >= 15 is 0 Å². The van der Waals surface area contributed by atoms with Gasteiger partial charge < -0.3 is 9.84 Å². The van der Waals surface area contributed by atoms with Crippen molar-refractivity contribution in [2.75, 3.05) is 6.61 Å². The Kier molecular flexibility index (Phi) is 4.67. The van der Waals surface area contributed by atoms with Gasteiger partial charge in [0.25, 0.3) is 12.1 Å². The second kappa shape index (κ2) is 6.01. The number of hydrogen-bond acceptors (Lipinski definition) is 4. The number of aromatic carboxylic acids is 1. The van der Waals surface area contributed by atoms with Gasteiger partial charge in [-0.25, -0.2) is 13.6 Å². The molecule has 0 unspecified atom stereocenters. The Morgan fingerprint density at radius 2 is 2.17 bits per heavy atom. The molecule has 0 amide bonds. The quantitative estimate of drug-likeness (QED) is 0.625. The molecule has 0 aliphatic heterocycles. The van der Waals surface area contributed by atoms with Crippen LogP contribution in [0.15, 0.2) is 18.2 Å². The normalized spacial score (nSPS) is 10.6. The lowest BCUT2D eigenvalue weighted by atomic mass is 10.1. The van der Waals surface area contributed by atoms with Crippen LogP contribution in [0.1, 0.15) is 15.9 Å². The molecule has 0 radical (unpaired) electrons. The Morgan fingerprint density at radius 1 is 1.50 bits per heavy atom. The number of alkyl halides is 2. The van der Waals surface area contributed by atoms with Crippen molar-refractivity contribution in [3.8, 4) is 0 Å². The summed E-state index contributed by atoms with van der Waals surface area (Å²) in [6.07, 6.45) is -2.68. The van der Waals surface area contributed by atoms with Crippen LogP contribution in [0.4, 0.5) is 14.5 Å². The number of benzene rings is 1. The van der Waals surface area contributed by atoms with Crippen LogP contribution < -0.4 is 0 Å². The third-order valence-electron chi connectivity index (χ3n) is 2.04. The first kappa shape index (κ1) is 14.0. The number of ether oxygens (including phenoxy) is 1. The first-order valence-electron chi connectivity index (χ1n) is 4.79. The molecule has 0 spiro atoms. The molecule has 0 saturated carbocycles. The lowest BCUT2D eigenvalue weighted by molar-refractivity contribution is -0.385. The van der Waals surface area contributed by atoms with Crippen molar-refractivity contribution >= 4 is 11.7 Å². The molecule has 0 saturated heterocycles. The maximum absolute atomic E-state index is 11.9. The molecule has 0 aliphatic carbocycles. The molecule has 1 aromatic carbocycles. The number of halogens is 2. The number of carboxylic acids is 1. The molecule has 1 rings (SSSR count). The molecule has 8 heteroatoms. The number of nitro groups is 1. The van der Waals surface area contributed by atoms with Crippen molar-refractivity contribution < 1.29 is 28.3 Å². The molecule has 98 valence electrons. The van der Waals surface area contributed by atoms with Crippen LogP contribution in [0.25, 0.3) is 0 Å². The predicted molar refractivity (Wildman–Crippen MR) is 55.7 cm³/mol. The molecular formula is C10H9F2NO5. The summed E-state index contributed by atoms with van der Waals surface area (Å²) in [5.41, 5.74) is -1.16. The van der Waals surface area contributed by atoms with Crippen LogP contribution in [0.3, 0.4) is 0 Å². The topological polar surface area (TPSA) is 89.7 Å². The van der Waals surface area contributed by atoms with Gasteiger partial charge >= 0.3 is 5.97 Å². The highest BCUT2D eigenvalue weighted by atomic mass is 19.3. The zero-order valence-electron chi connectivity index (χ0n) is 9.01. The van der Waals surface area contributed by atoms with Crippen molar-refractivity contribution in [3.63, 3.8) is 0 Å². The Labute approximate surface area is 99.9 Å². The summed E-state index contributed by atoms with van der Waals surface area (Å²) in [4.78, 5) is 20.7. The first-order chi connectivity index (χ1) is 8.43. The van der Waals surface area contributed by atoms with Gasteiger partial charge in [-0.15, -0.1) is 0 Å². The zero-order valence-corrected chi connectivity index (χ0v) is 9.01. The molecule has 1 N–H and O–H groups in total. The second-order valence-corrected chi connectivity index (χ2v) is 3.28. The minimum Gasteiger partial charge on any atom is -0.477 e. The van der Waals surface area contributed by atoms with Crippen LogP contribution >= 0.6 is 0 Å². The highest BCUT2D eigenvalue weighted by molar-refractivity contribution is 5.94. The fraction of sp³-hybridized carbons (Fsp3) is 0.300. The maximum atomic E-state index is 11.9. The molecule has 0 atom stereocenters. The summed E-state index contributed by atoms with van der Waals surface area (Å²) in [7, 11) is 0. The lowest BCUT2D eigenvalue weighted by Crippen LogP contribution is -2.10. The average molecular weight is 261 g/mol. The SMILES string of the molecule is O=C(O)c1c(COCC(F)F)cccc1[N+](=O)[O-]. The monoisotopic (exact) mass is 261 g/mol. The van der Waals surface area contributed by atoms with Crippen LogP contribution in [-0.4, -0.2) is 29.0 Å². The summed E-state index contributed by atoms with van der Waals surface area (Å²) < 4.78 is 28.3. The Bertz CT molecular complexity index is 464. The molecule has 0 heterocycles. The standard InChI is InChI=1S/C10H9F2NO5/c11-8(12)5-18-4-6-2-1-3-7(13(16)17)9(6)10(14)15/h1-3,8H,4-5H2,(H,14,15). The molecule has 18 heavy (non-hydrogen) atoms. The van der Waals surface area contributed by atoms with Gasteiger partial charge in [0.05, 0.1) is 11.5 Å². The molecule has 6 nitrogen and oxygen atoms in total. The first-order valence-corrected chi connectivity index (χ1v) is 4.79. The van der Waals surface area contributed by atoms with E-state index in [1.54, 1.807) is 0 Å². The minimum atomic E-state index is -2.68. The number of hydrogen-bond donors (Lipinski definition) is 1. The number of carbonyl (C=O) groups is 1. The smallest absolute Gasteiger partial charge is 0.343 e. The van der Waals surface area contributed by atoms with Gasteiger partial charge in [-0.1, -0.05) is 12.1 Å². The van der Waals surface area contributed by atoms with Gasteiger partial charge in [0, 0.05) is 6.07 Å². The van der Waals surface area contributed by atoms with E-state index in [0.29, 0.717) is 0 Å². The minimum absolute atomic E-state index is 0.0163. The molecule has 0 aromatic heterocycles. The summed E-state index contributed by atoms with van der Waals surface area (Å²) in [5, 5.41) is 19.5. The van der Waals surface area contributed by atoms with Crippen LogP contribution in [0.5, 0.6) is 0 Å². The van der Waals surface area contributed by atoms with Gasteiger partial charge in [-0.05, 0) is 5.56 Å². The molecular weight excluding hydrogens is 252 g/mol. The molecule has 1 aromatic rings. The fourth-order valence-corrected chi connectivity index (χ4v) is 1.36. The Morgan fingerprint density at radius 3 is 2.67 bits per heavy atom. The number of nitro benzene ring substituents is 1. The fourth-order valence-electron chi connectivity index (χ4n) is 1.36. The lowest BCUT2D eigenvalue weighted by Gasteiger charge is -2.07. The zero-order chi connectivity index (χ0) is 13.7. The van der Waals surface area contributed by atoms with Crippen molar-refractivity contribution in [2.45, 2.75) is 13.0 Å². The molecule has 0 fully saturated rings. The van der Waals surface area contributed by atoms with Crippen LogP contribution in [-0.2, 0) is 11.3 Å². The van der Waals surface area contributed by atoms with E-state index < -0.39 is 41.8 Å². The largest absolute Gasteiger partial charge is 0.477 e. The molecule has 0 aliphatic rings. The third-order valence-corrected chi connectivity index (χ3v) is 2.04.